The Bertz CT molecular complexity index is 857. The summed E-state index contributed by atoms with van der Waals surface area (Å²) in [6.07, 6.45) is 1.49. The zero-order valence-corrected chi connectivity index (χ0v) is 17.0. The monoisotopic (exact) mass is 419 g/mol. The van der Waals surface area contributed by atoms with Crippen molar-refractivity contribution in [1.29, 1.82) is 0 Å². The van der Waals surface area contributed by atoms with Gasteiger partial charge in [-0.05, 0) is 48.4 Å². The van der Waals surface area contributed by atoms with E-state index in [-0.39, 0.29) is 30.3 Å². The van der Waals surface area contributed by atoms with E-state index >= 15 is 0 Å². The van der Waals surface area contributed by atoms with Gasteiger partial charge in [-0.15, -0.1) is 12.4 Å². The minimum atomic E-state index is -0.0511. The molecule has 1 unspecified atom stereocenters. The Morgan fingerprint density at radius 3 is 2.57 bits per heavy atom. The summed E-state index contributed by atoms with van der Waals surface area (Å²) in [6.45, 7) is 2.86. The molecule has 0 saturated carbocycles. The van der Waals surface area contributed by atoms with Crippen LogP contribution in [-0.2, 0) is 4.79 Å². The lowest BCUT2D eigenvalue weighted by Crippen LogP contribution is -2.48. The van der Waals surface area contributed by atoms with Crippen LogP contribution >= 0.6 is 24.0 Å². The van der Waals surface area contributed by atoms with Crippen LogP contribution < -0.4 is 10.2 Å². The Balaban J connectivity index is 0.00000225. The predicted molar refractivity (Wildman–Crippen MR) is 113 cm³/mol. The van der Waals surface area contributed by atoms with E-state index in [1.54, 1.807) is 4.90 Å². The third-order valence-corrected chi connectivity index (χ3v) is 5.47. The highest BCUT2D eigenvalue weighted by molar-refractivity contribution is 6.30. The quantitative estimate of drug-likeness (QED) is 0.825. The first-order valence-corrected chi connectivity index (χ1v) is 9.69. The molecule has 5 nitrogen and oxygen atoms in total. The molecule has 1 N–H and O–H groups in total. The second kappa shape index (κ2) is 8.95. The Kier molecular flexibility index (Phi) is 6.60. The maximum atomic E-state index is 13.1. The molecular formula is C21H23Cl2N3O2. The molecule has 28 heavy (non-hydrogen) atoms. The highest BCUT2D eigenvalue weighted by Gasteiger charge is 2.29. The van der Waals surface area contributed by atoms with Gasteiger partial charge in [-0.25, -0.2) is 0 Å². The van der Waals surface area contributed by atoms with Crippen molar-refractivity contribution in [2.24, 2.45) is 0 Å². The predicted octanol–water partition coefficient (Wildman–Crippen LogP) is 3.68. The molecule has 148 valence electrons. The standard InChI is InChI=1S/C21H22ClN3O2.ClH/c22-17-4-1-3-16(13-17)19-14-23-10-12-25(19)21(27)15-6-8-18(9-7-15)24-11-2-5-20(24)26;/h1,3-4,6-9,13,19,23H,2,5,10-12,14H2;1H. The van der Waals surface area contributed by atoms with E-state index in [0.717, 1.165) is 30.8 Å². The zero-order chi connectivity index (χ0) is 18.8. The van der Waals surface area contributed by atoms with E-state index in [2.05, 4.69) is 5.32 Å². The van der Waals surface area contributed by atoms with Crippen molar-refractivity contribution in [3.8, 4) is 0 Å². The van der Waals surface area contributed by atoms with E-state index in [0.29, 0.717) is 30.1 Å². The van der Waals surface area contributed by atoms with Crippen LogP contribution in [0.5, 0.6) is 0 Å². The van der Waals surface area contributed by atoms with E-state index in [9.17, 15) is 9.59 Å². The summed E-state index contributed by atoms with van der Waals surface area (Å²) in [5.74, 6) is 0.151. The molecule has 1 atom stereocenters. The first-order chi connectivity index (χ1) is 13.1. The zero-order valence-electron chi connectivity index (χ0n) is 15.4. The summed E-state index contributed by atoms with van der Waals surface area (Å²) in [5, 5.41) is 4.03. The minimum absolute atomic E-state index is 0. The number of anilines is 1. The molecular weight excluding hydrogens is 397 g/mol. The molecule has 0 bridgehead atoms. The number of rotatable bonds is 3. The van der Waals surface area contributed by atoms with Crippen LogP contribution in [0, 0.1) is 0 Å². The lowest BCUT2D eigenvalue weighted by Gasteiger charge is -2.36. The molecule has 2 aromatic rings. The average Bonchev–Trinajstić information content (AvgIpc) is 3.13. The number of benzene rings is 2. The summed E-state index contributed by atoms with van der Waals surface area (Å²) in [4.78, 5) is 28.7. The number of carbonyl (C=O) groups excluding carboxylic acids is 2. The van der Waals surface area contributed by atoms with Crippen LogP contribution in [-0.4, -0.2) is 42.9 Å². The first kappa shape index (κ1) is 20.6. The van der Waals surface area contributed by atoms with Gasteiger partial charge in [-0.2, -0.15) is 0 Å². The van der Waals surface area contributed by atoms with Crippen molar-refractivity contribution in [1.82, 2.24) is 10.2 Å². The van der Waals surface area contributed by atoms with E-state index < -0.39 is 0 Å². The fourth-order valence-electron chi connectivity index (χ4n) is 3.83. The highest BCUT2D eigenvalue weighted by Crippen LogP contribution is 2.27. The molecule has 0 spiro atoms. The minimum Gasteiger partial charge on any atom is -0.329 e. The molecule has 0 aliphatic carbocycles. The van der Waals surface area contributed by atoms with Gasteiger partial charge in [-0.1, -0.05) is 23.7 Å². The molecule has 2 aliphatic heterocycles. The molecule has 2 heterocycles. The second-order valence-electron chi connectivity index (χ2n) is 6.97. The van der Waals surface area contributed by atoms with Gasteiger partial charge in [0.05, 0.1) is 6.04 Å². The van der Waals surface area contributed by atoms with Gasteiger partial charge in [-0.3, -0.25) is 9.59 Å². The lowest BCUT2D eigenvalue weighted by molar-refractivity contribution is -0.117. The van der Waals surface area contributed by atoms with E-state index in [1.165, 1.54) is 0 Å². The maximum absolute atomic E-state index is 13.1. The number of hydrogen-bond acceptors (Lipinski definition) is 3. The number of piperazine rings is 1. The topological polar surface area (TPSA) is 52.7 Å². The normalized spacial score (nSPS) is 19.5. The molecule has 4 rings (SSSR count). The van der Waals surface area contributed by atoms with Gasteiger partial charge in [0.2, 0.25) is 5.91 Å². The van der Waals surface area contributed by atoms with Crippen LogP contribution in [0.1, 0.15) is 34.8 Å². The SMILES string of the molecule is Cl.O=C1CCCN1c1ccc(C(=O)N2CCNCC2c2cccc(Cl)c2)cc1. The number of hydrogen-bond donors (Lipinski definition) is 1. The molecule has 0 radical (unpaired) electrons. The fraction of sp³-hybridized carbons (Fsp3) is 0.333. The van der Waals surface area contributed by atoms with Gasteiger partial charge >= 0.3 is 0 Å². The van der Waals surface area contributed by atoms with Crippen LogP contribution in [0.4, 0.5) is 5.69 Å². The third kappa shape index (κ3) is 4.17. The summed E-state index contributed by atoms with van der Waals surface area (Å²) in [6, 6.07) is 15.0. The van der Waals surface area contributed by atoms with Crippen molar-refractivity contribution < 1.29 is 9.59 Å². The van der Waals surface area contributed by atoms with Crippen LogP contribution in [0.25, 0.3) is 0 Å². The smallest absolute Gasteiger partial charge is 0.254 e. The van der Waals surface area contributed by atoms with Crippen molar-refractivity contribution in [3.63, 3.8) is 0 Å². The maximum Gasteiger partial charge on any atom is 0.254 e. The Labute approximate surface area is 176 Å². The second-order valence-corrected chi connectivity index (χ2v) is 7.41. The van der Waals surface area contributed by atoms with Crippen molar-refractivity contribution >= 4 is 41.5 Å². The van der Waals surface area contributed by atoms with E-state index in [1.807, 2.05) is 53.4 Å². The van der Waals surface area contributed by atoms with Crippen LogP contribution in [0.3, 0.4) is 0 Å². The van der Waals surface area contributed by atoms with Crippen LogP contribution in [0.15, 0.2) is 48.5 Å². The number of nitrogens with zero attached hydrogens (tertiary/aromatic N) is 2. The number of amides is 2. The Morgan fingerprint density at radius 1 is 1.11 bits per heavy atom. The average molecular weight is 420 g/mol. The van der Waals surface area contributed by atoms with Crippen molar-refractivity contribution in [3.05, 3.63) is 64.7 Å². The van der Waals surface area contributed by atoms with Crippen molar-refractivity contribution in [2.45, 2.75) is 18.9 Å². The summed E-state index contributed by atoms with van der Waals surface area (Å²) in [5.41, 5.74) is 2.53. The summed E-state index contributed by atoms with van der Waals surface area (Å²) in [7, 11) is 0. The van der Waals surface area contributed by atoms with Crippen LogP contribution in [0.2, 0.25) is 5.02 Å². The Morgan fingerprint density at radius 2 is 1.89 bits per heavy atom. The largest absolute Gasteiger partial charge is 0.329 e. The number of nitrogens with one attached hydrogen (secondary N) is 1. The molecule has 0 aromatic heterocycles. The fourth-order valence-corrected chi connectivity index (χ4v) is 4.03. The molecule has 2 aliphatic rings. The Hall–Kier alpha value is -2.08. The number of halogens is 2. The lowest BCUT2D eigenvalue weighted by atomic mass is 10.0. The van der Waals surface area contributed by atoms with E-state index in [4.69, 9.17) is 11.6 Å². The first-order valence-electron chi connectivity index (χ1n) is 9.31. The highest BCUT2D eigenvalue weighted by atomic mass is 35.5. The molecule has 2 amide bonds. The molecule has 7 heteroatoms. The van der Waals surface area contributed by atoms with Gasteiger partial charge in [0.25, 0.3) is 5.91 Å². The third-order valence-electron chi connectivity index (χ3n) is 5.24. The van der Waals surface area contributed by atoms with Crippen molar-refractivity contribution in [2.75, 3.05) is 31.1 Å². The summed E-state index contributed by atoms with van der Waals surface area (Å²) < 4.78 is 0. The summed E-state index contributed by atoms with van der Waals surface area (Å²) >= 11 is 6.14. The molecule has 2 fully saturated rings. The number of carbonyl (C=O) groups is 2. The van der Waals surface area contributed by atoms with Gasteiger partial charge in [0.1, 0.15) is 0 Å². The van der Waals surface area contributed by atoms with Gasteiger partial charge in [0, 0.05) is 48.9 Å². The molecule has 2 saturated heterocycles. The van der Waals surface area contributed by atoms with Gasteiger partial charge in [0.15, 0.2) is 0 Å². The van der Waals surface area contributed by atoms with Gasteiger partial charge < -0.3 is 15.1 Å². The molecule has 2 aromatic carbocycles.